The first-order chi connectivity index (χ1) is 9.26. The molecule has 2 aliphatic rings. The number of rotatable bonds is 5. The van der Waals surface area contributed by atoms with E-state index in [9.17, 15) is 0 Å². The van der Waals surface area contributed by atoms with Crippen LogP contribution in [0.4, 0.5) is 11.6 Å². The van der Waals surface area contributed by atoms with E-state index in [2.05, 4.69) is 40.2 Å². The maximum absolute atomic E-state index is 4.40. The summed E-state index contributed by atoms with van der Waals surface area (Å²) in [5.41, 5.74) is 0. The van der Waals surface area contributed by atoms with Gasteiger partial charge in [0.25, 0.3) is 0 Å². The van der Waals surface area contributed by atoms with Gasteiger partial charge in [-0.15, -0.1) is 0 Å². The van der Waals surface area contributed by atoms with Gasteiger partial charge in [0.2, 0.25) is 0 Å². The van der Waals surface area contributed by atoms with Crippen molar-refractivity contribution in [3.05, 3.63) is 12.4 Å². The smallest absolute Gasteiger partial charge is 0.133 e. The maximum atomic E-state index is 4.40. The first-order valence-electron chi connectivity index (χ1n) is 7.53. The van der Waals surface area contributed by atoms with Crippen LogP contribution < -0.4 is 10.2 Å². The number of nitrogens with zero attached hydrogens (tertiary/aromatic N) is 3. The molecule has 3 atom stereocenters. The molecule has 0 aromatic carbocycles. The van der Waals surface area contributed by atoms with Crippen LogP contribution in [0.1, 0.15) is 32.6 Å². The third-order valence-corrected chi connectivity index (χ3v) is 4.79. The first kappa shape index (κ1) is 12.7. The van der Waals surface area contributed by atoms with Gasteiger partial charge in [-0.05, 0) is 43.9 Å². The molecule has 0 amide bonds. The summed E-state index contributed by atoms with van der Waals surface area (Å²) in [5, 5.41) is 3.25. The molecule has 19 heavy (non-hydrogen) atoms. The molecule has 0 spiro atoms. The van der Waals surface area contributed by atoms with E-state index in [4.69, 9.17) is 0 Å². The molecule has 3 unspecified atom stereocenters. The van der Waals surface area contributed by atoms with Gasteiger partial charge < -0.3 is 10.2 Å². The summed E-state index contributed by atoms with van der Waals surface area (Å²) >= 11 is 0. The summed E-state index contributed by atoms with van der Waals surface area (Å²) < 4.78 is 0. The van der Waals surface area contributed by atoms with E-state index in [1.807, 2.05) is 0 Å². The van der Waals surface area contributed by atoms with Crippen LogP contribution in [0.25, 0.3) is 0 Å². The van der Waals surface area contributed by atoms with Crippen molar-refractivity contribution >= 4 is 11.6 Å². The lowest BCUT2D eigenvalue weighted by Crippen LogP contribution is -2.29. The SMILES string of the molecule is CCNc1cc(N(C)CC2CC3CCC2C3)ncn1. The van der Waals surface area contributed by atoms with Gasteiger partial charge in [0.05, 0.1) is 0 Å². The standard InChI is InChI=1S/C15H24N4/c1-3-16-14-8-15(18-10-17-14)19(2)9-13-7-11-4-5-12(13)6-11/h8,10-13H,3-7,9H2,1-2H3,(H,16,17,18). The van der Waals surface area contributed by atoms with E-state index < -0.39 is 0 Å². The van der Waals surface area contributed by atoms with E-state index in [-0.39, 0.29) is 0 Å². The second-order valence-electron chi connectivity index (χ2n) is 6.11. The summed E-state index contributed by atoms with van der Waals surface area (Å²) in [6, 6.07) is 2.05. The molecule has 1 N–H and O–H groups in total. The number of aromatic nitrogens is 2. The van der Waals surface area contributed by atoms with Gasteiger partial charge >= 0.3 is 0 Å². The Labute approximate surface area is 115 Å². The third-order valence-electron chi connectivity index (χ3n) is 4.79. The predicted octanol–water partition coefficient (Wildman–Crippen LogP) is 2.78. The molecule has 3 rings (SSSR count). The number of anilines is 2. The zero-order valence-electron chi connectivity index (χ0n) is 12.0. The highest BCUT2D eigenvalue weighted by molar-refractivity contribution is 5.47. The van der Waals surface area contributed by atoms with Crippen molar-refractivity contribution < 1.29 is 0 Å². The molecule has 1 aromatic heterocycles. The van der Waals surface area contributed by atoms with Crippen molar-refractivity contribution in [3.8, 4) is 0 Å². The van der Waals surface area contributed by atoms with Crippen LogP contribution in [0.15, 0.2) is 12.4 Å². The van der Waals surface area contributed by atoms with Crippen LogP contribution in [0, 0.1) is 17.8 Å². The largest absolute Gasteiger partial charge is 0.370 e. The highest BCUT2D eigenvalue weighted by atomic mass is 15.2. The predicted molar refractivity (Wildman–Crippen MR) is 78.4 cm³/mol. The zero-order chi connectivity index (χ0) is 13.2. The zero-order valence-corrected chi connectivity index (χ0v) is 12.0. The molecule has 0 saturated heterocycles. The number of nitrogens with one attached hydrogen (secondary N) is 1. The number of hydrogen-bond acceptors (Lipinski definition) is 4. The Morgan fingerprint density at radius 2 is 2.21 bits per heavy atom. The minimum atomic E-state index is 0.876. The van der Waals surface area contributed by atoms with Gasteiger partial charge in [0.1, 0.15) is 18.0 Å². The number of hydrogen-bond donors (Lipinski definition) is 1. The van der Waals surface area contributed by atoms with Crippen LogP contribution in [0.5, 0.6) is 0 Å². The molecule has 4 heteroatoms. The van der Waals surface area contributed by atoms with Gasteiger partial charge in [-0.3, -0.25) is 0 Å². The Morgan fingerprint density at radius 3 is 2.89 bits per heavy atom. The minimum absolute atomic E-state index is 0.876. The molecule has 4 nitrogen and oxygen atoms in total. The second kappa shape index (κ2) is 5.35. The minimum Gasteiger partial charge on any atom is -0.370 e. The van der Waals surface area contributed by atoms with Crippen molar-refractivity contribution in [1.82, 2.24) is 9.97 Å². The lowest BCUT2D eigenvalue weighted by molar-refractivity contribution is 0.337. The molecule has 0 radical (unpaired) electrons. The van der Waals surface area contributed by atoms with Crippen LogP contribution >= 0.6 is 0 Å². The maximum Gasteiger partial charge on any atom is 0.133 e. The van der Waals surface area contributed by atoms with Gasteiger partial charge in [-0.25, -0.2) is 9.97 Å². The summed E-state index contributed by atoms with van der Waals surface area (Å²) in [6.45, 7) is 4.12. The van der Waals surface area contributed by atoms with Gasteiger partial charge in [0.15, 0.2) is 0 Å². The van der Waals surface area contributed by atoms with Crippen LogP contribution in [-0.4, -0.2) is 30.1 Å². The molecule has 2 aliphatic carbocycles. The summed E-state index contributed by atoms with van der Waals surface area (Å²) in [5.74, 6) is 4.83. The van der Waals surface area contributed by atoms with E-state index in [0.29, 0.717) is 0 Å². The van der Waals surface area contributed by atoms with Gasteiger partial charge in [0, 0.05) is 26.2 Å². The van der Waals surface area contributed by atoms with Gasteiger partial charge in [-0.1, -0.05) is 6.42 Å². The summed E-state index contributed by atoms with van der Waals surface area (Å²) in [6.07, 6.45) is 7.49. The quantitative estimate of drug-likeness (QED) is 0.884. The van der Waals surface area contributed by atoms with Crippen molar-refractivity contribution in [3.63, 3.8) is 0 Å². The highest BCUT2D eigenvalue weighted by Gasteiger charge is 2.39. The lowest BCUT2D eigenvalue weighted by Gasteiger charge is -2.28. The Kier molecular flexibility index (Phi) is 3.58. The van der Waals surface area contributed by atoms with Crippen LogP contribution in [-0.2, 0) is 0 Å². The molecular formula is C15H24N4. The van der Waals surface area contributed by atoms with Crippen molar-refractivity contribution in [2.45, 2.75) is 32.6 Å². The average molecular weight is 260 g/mol. The van der Waals surface area contributed by atoms with E-state index in [1.54, 1.807) is 6.33 Å². The fraction of sp³-hybridized carbons (Fsp3) is 0.733. The summed E-state index contributed by atoms with van der Waals surface area (Å²) in [4.78, 5) is 10.9. The van der Waals surface area contributed by atoms with Crippen molar-refractivity contribution in [2.75, 3.05) is 30.4 Å². The van der Waals surface area contributed by atoms with E-state index in [1.165, 1.54) is 25.7 Å². The molecule has 1 heterocycles. The molecule has 1 aromatic rings. The Hall–Kier alpha value is -1.32. The molecular weight excluding hydrogens is 236 g/mol. The van der Waals surface area contributed by atoms with E-state index in [0.717, 1.165) is 42.5 Å². The van der Waals surface area contributed by atoms with Crippen molar-refractivity contribution in [2.24, 2.45) is 17.8 Å². The normalized spacial score (nSPS) is 28.6. The lowest BCUT2D eigenvalue weighted by atomic mass is 9.88. The monoisotopic (exact) mass is 260 g/mol. The molecule has 104 valence electrons. The molecule has 2 bridgehead atoms. The Balaban J connectivity index is 1.63. The van der Waals surface area contributed by atoms with Crippen LogP contribution in [0.3, 0.4) is 0 Å². The first-order valence-corrected chi connectivity index (χ1v) is 7.53. The van der Waals surface area contributed by atoms with E-state index >= 15 is 0 Å². The second-order valence-corrected chi connectivity index (χ2v) is 6.11. The Bertz CT molecular complexity index is 434. The molecule has 0 aliphatic heterocycles. The van der Waals surface area contributed by atoms with Crippen LogP contribution in [0.2, 0.25) is 0 Å². The van der Waals surface area contributed by atoms with Gasteiger partial charge in [-0.2, -0.15) is 0 Å². The topological polar surface area (TPSA) is 41.0 Å². The fourth-order valence-corrected chi connectivity index (χ4v) is 3.88. The molecule has 2 fully saturated rings. The third kappa shape index (κ3) is 2.67. The van der Waals surface area contributed by atoms with Crippen molar-refractivity contribution in [1.29, 1.82) is 0 Å². The fourth-order valence-electron chi connectivity index (χ4n) is 3.88. The average Bonchev–Trinajstić information content (AvgIpc) is 3.02. The highest BCUT2D eigenvalue weighted by Crippen LogP contribution is 2.48. The summed E-state index contributed by atoms with van der Waals surface area (Å²) in [7, 11) is 2.16. The molecule has 2 saturated carbocycles. The number of fused-ring (bicyclic) bond motifs is 2. The Morgan fingerprint density at radius 1 is 1.32 bits per heavy atom.